The van der Waals surface area contributed by atoms with Gasteiger partial charge in [0.05, 0.1) is 39.6 Å². The zero-order chi connectivity index (χ0) is 13.1. The Morgan fingerprint density at radius 2 is 1.50 bits per heavy atom. The van der Waals surface area contributed by atoms with Crippen molar-refractivity contribution in [2.45, 2.75) is 0 Å². The Balaban J connectivity index is 2.29. The van der Waals surface area contributed by atoms with Gasteiger partial charge in [-0.25, -0.2) is 4.79 Å². The number of hydrogen-bond acceptors (Lipinski definition) is 5. The van der Waals surface area contributed by atoms with Gasteiger partial charge in [-0.05, 0) is 0 Å². The Labute approximate surface area is 107 Å². The highest BCUT2D eigenvalue weighted by molar-refractivity contribution is 5.79. The average molecular weight is 259 g/mol. The summed E-state index contributed by atoms with van der Waals surface area (Å²) in [5.41, 5.74) is 0. The number of hydrogen-bond donors (Lipinski definition) is 1. The van der Waals surface area contributed by atoms with E-state index in [1.165, 1.54) is 0 Å². The van der Waals surface area contributed by atoms with E-state index in [-0.39, 0.29) is 0 Å². The van der Waals surface area contributed by atoms with Crippen LogP contribution in [0.2, 0.25) is 0 Å². The quantitative estimate of drug-likeness (QED) is 0.719. The van der Waals surface area contributed by atoms with Crippen LogP contribution in [0.25, 0.3) is 0 Å². The van der Waals surface area contributed by atoms with Gasteiger partial charge in [0.2, 0.25) is 0 Å². The van der Waals surface area contributed by atoms with E-state index in [2.05, 4.69) is 4.90 Å². The minimum atomic E-state index is -0.922. The van der Waals surface area contributed by atoms with Crippen LogP contribution in [-0.4, -0.2) is 75.3 Å². The number of carboxylic acid groups (broad SMARTS) is 1. The van der Waals surface area contributed by atoms with Crippen LogP contribution < -0.4 is 0 Å². The molecule has 1 aliphatic heterocycles. The largest absolute Gasteiger partial charge is 0.478 e. The molecule has 0 amide bonds. The topological polar surface area (TPSA) is 68.2 Å². The van der Waals surface area contributed by atoms with E-state index in [9.17, 15) is 4.79 Å². The molecular weight excluding hydrogens is 238 g/mol. The number of carbonyl (C=O) groups is 1. The van der Waals surface area contributed by atoms with Crippen LogP contribution in [-0.2, 0) is 19.0 Å². The van der Waals surface area contributed by atoms with E-state index < -0.39 is 5.97 Å². The van der Waals surface area contributed by atoms with E-state index in [0.717, 1.165) is 19.2 Å². The summed E-state index contributed by atoms with van der Waals surface area (Å²) >= 11 is 0. The molecule has 6 heteroatoms. The maximum absolute atomic E-state index is 10.4. The predicted molar refractivity (Wildman–Crippen MR) is 65.7 cm³/mol. The highest BCUT2D eigenvalue weighted by atomic mass is 16.5. The molecule has 1 heterocycles. The van der Waals surface area contributed by atoms with Gasteiger partial charge in [0.1, 0.15) is 0 Å². The van der Waals surface area contributed by atoms with E-state index in [0.29, 0.717) is 46.2 Å². The first-order valence-corrected chi connectivity index (χ1v) is 6.14. The van der Waals surface area contributed by atoms with Crippen LogP contribution in [0.15, 0.2) is 12.2 Å². The molecule has 1 N–H and O–H groups in total. The number of nitrogens with zero attached hydrogens (tertiary/aromatic N) is 1. The molecular formula is C12H21NO5. The minimum absolute atomic E-state index is 0.582. The lowest BCUT2D eigenvalue weighted by Crippen LogP contribution is -2.32. The molecule has 0 radical (unpaired) electrons. The maximum atomic E-state index is 10.4. The summed E-state index contributed by atoms with van der Waals surface area (Å²) in [5, 5.41) is 8.53. The van der Waals surface area contributed by atoms with Crippen molar-refractivity contribution in [2.75, 3.05) is 59.3 Å². The van der Waals surface area contributed by atoms with Crippen molar-refractivity contribution >= 4 is 5.97 Å². The zero-order valence-electron chi connectivity index (χ0n) is 10.5. The second-order valence-corrected chi connectivity index (χ2v) is 3.88. The molecule has 6 nitrogen and oxygen atoms in total. The van der Waals surface area contributed by atoms with Gasteiger partial charge < -0.3 is 19.3 Å². The van der Waals surface area contributed by atoms with Gasteiger partial charge in [-0.3, -0.25) is 4.90 Å². The smallest absolute Gasteiger partial charge is 0.328 e. The molecule has 18 heavy (non-hydrogen) atoms. The molecule has 0 unspecified atom stereocenters. The number of carboxylic acids is 1. The van der Waals surface area contributed by atoms with Gasteiger partial charge >= 0.3 is 5.97 Å². The first kappa shape index (κ1) is 15.1. The summed E-state index contributed by atoms with van der Waals surface area (Å²) in [6.45, 7) is 5.67. The second kappa shape index (κ2) is 10.0. The number of rotatable bonds is 3. The molecule has 1 rings (SSSR count). The first-order chi connectivity index (χ1) is 8.79. The van der Waals surface area contributed by atoms with Crippen molar-refractivity contribution in [2.24, 2.45) is 0 Å². The summed E-state index contributed by atoms with van der Waals surface area (Å²) < 4.78 is 16.1. The van der Waals surface area contributed by atoms with Crippen molar-refractivity contribution in [3.8, 4) is 0 Å². The fourth-order valence-corrected chi connectivity index (χ4v) is 1.53. The fourth-order valence-electron chi connectivity index (χ4n) is 1.53. The third kappa shape index (κ3) is 8.19. The van der Waals surface area contributed by atoms with Crippen LogP contribution in [0.3, 0.4) is 0 Å². The predicted octanol–water partition coefficient (Wildman–Crippen LogP) is -0.00740. The van der Waals surface area contributed by atoms with Gasteiger partial charge in [-0.15, -0.1) is 0 Å². The lowest BCUT2D eigenvalue weighted by Gasteiger charge is -2.21. The van der Waals surface area contributed by atoms with E-state index in [1.54, 1.807) is 6.08 Å². The van der Waals surface area contributed by atoms with Crippen LogP contribution in [0, 0.1) is 0 Å². The van der Waals surface area contributed by atoms with Crippen LogP contribution in [0.4, 0.5) is 0 Å². The molecule has 1 fully saturated rings. The molecule has 0 atom stereocenters. The zero-order valence-corrected chi connectivity index (χ0v) is 10.5. The fraction of sp³-hybridized carbons (Fsp3) is 0.750. The molecule has 104 valence electrons. The van der Waals surface area contributed by atoms with Crippen molar-refractivity contribution in [1.29, 1.82) is 0 Å². The van der Waals surface area contributed by atoms with Crippen molar-refractivity contribution < 1.29 is 24.1 Å². The third-order valence-corrected chi connectivity index (χ3v) is 2.47. The van der Waals surface area contributed by atoms with E-state index in [4.69, 9.17) is 19.3 Å². The van der Waals surface area contributed by atoms with E-state index in [1.807, 2.05) is 0 Å². The number of ether oxygens (including phenoxy) is 3. The van der Waals surface area contributed by atoms with Gasteiger partial charge in [0.15, 0.2) is 0 Å². The minimum Gasteiger partial charge on any atom is -0.478 e. The Morgan fingerprint density at radius 3 is 2.00 bits per heavy atom. The van der Waals surface area contributed by atoms with Crippen molar-refractivity contribution in [1.82, 2.24) is 4.90 Å². The van der Waals surface area contributed by atoms with Gasteiger partial charge in [-0.2, -0.15) is 0 Å². The Morgan fingerprint density at radius 1 is 1.00 bits per heavy atom. The van der Waals surface area contributed by atoms with Gasteiger partial charge in [-0.1, -0.05) is 6.08 Å². The summed E-state index contributed by atoms with van der Waals surface area (Å²) in [5.74, 6) is -0.922. The molecule has 1 saturated heterocycles. The molecule has 0 saturated carbocycles. The lowest BCUT2D eigenvalue weighted by atomic mass is 10.4. The highest BCUT2D eigenvalue weighted by Gasteiger charge is 2.04. The molecule has 0 bridgehead atoms. The van der Waals surface area contributed by atoms with Crippen LogP contribution >= 0.6 is 0 Å². The standard InChI is InChI=1S/C12H21NO5/c14-12(15)2-1-3-13-4-6-16-8-10-18-11-9-17-7-5-13/h1-2H,3-11H2,(H,14,15)/b2-1+. The van der Waals surface area contributed by atoms with Crippen molar-refractivity contribution in [3.63, 3.8) is 0 Å². The molecule has 0 aromatic carbocycles. The van der Waals surface area contributed by atoms with E-state index >= 15 is 0 Å². The van der Waals surface area contributed by atoms with Crippen LogP contribution in [0.1, 0.15) is 0 Å². The van der Waals surface area contributed by atoms with Crippen molar-refractivity contribution in [3.05, 3.63) is 12.2 Å². The summed E-state index contributed by atoms with van der Waals surface area (Å²) in [4.78, 5) is 12.5. The van der Waals surface area contributed by atoms with Crippen LogP contribution in [0.5, 0.6) is 0 Å². The molecule has 0 spiro atoms. The first-order valence-electron chi connectivity index (χ1n) is 6.14. The molecule has 0 aromatic heterocycles. The summed E-state index contributed by atoms with van der Waals surface area (Å²) in [6, 6.07) is 0. The maximum Gasteiger partial charge on any atom is 0.328 e. The second-order valence-electron chi connectivity index (χ2n) is 3.88. The lowest BCUT2D eigenvalue weighted by molar-refractivity contribution is -0.131. The molecule has 0 aromatic rings. The Bertz CT molecular complexity index is 245. The third-order valence-electron chi connectivity index (χ3n) is 2.47. The highest BCUT2D eigenvalue weighted by Crippen LogP contribution is 1.93. The summed E-state index contributed by atoms with van der Waals surface area (Å²) in [7, 11) is 0. The Hall–Kier alpha value is -0.950. The molecule has 1 aliphatic rings. The monoisotopic (exact) mass is 259 g/mol. The normalized spacial score (nSPS) is 21.3. The van der Waals surface area contributed by atoms with Gasteiger partial charge in [0.25, 0.3) is 0 Å². The average Bonchev–Trinajstić information content (AvgIpc) is 2.31. The summed E-state index contributed by atoms with van der Waals surface area (Å²) in [6.07, 6.45) is 2.79. The Kier molecular flexibility index (Phi) is 8.41. The molecule has 0 aliphatic carbocycles. The van der Waals surface area contributed by atoms with Gasteiger partial charge in [0, 0.05) is 25.7 Å². The SMILES string of the molecule is O=C(O)/C=C/CN1CCOCCOCCOCC1. The number of aliphatic carboxylic acids is 1.